The van der Waals surface area contributed by atoms with Crippen LogP contribution in [-0.4, -0.2) is 29.6 Å². The minimum Gasteiger partial charge on any atom is -0.481 e. The molecule has 0 aromatic carbocycles. The van der Waals surface area contributed by atoms with Crippen LogP contribution < -0.4 is 5.32 Å². The van der Waals surface area contributed by atoms with Gasteiger partial charge in [-0.3, -0.25) is 9.59 Å². The van der Waals surface area contributed by atoms with Crippen molar-refractivity contribution in [3.63, 3.8) is 0 Å². The summed E-state index contributed by atoms with van der Waals surface area (Å²) in [6.45, 7) is 2.07. The van der Waals surface area contributed by atoms with Gasteiger partial charge in [-0.15, -0.1) is 11.3 Å². The number of aryl methyl sites for hydroxylation is 1. The minimum absolute atomic E-state index is 0.276. The van der Waals surface area contributed by atoms with Crippen molar-refractivity contribution in [1.29, 1.82) is 0 Å². The number of anilines is 1. The third-order valence-corrected chi connectivity index (χ3v) is 8.26. The second-order valence-electron chi connectivity index (χ2n) is 9.44. The maximum absolute atomic E-state index is 13.2. The molecule has 33 heavy (non-hydrogen) atoms. The molecule has 1 aromatic heterocycles. The minimum atomic E-state index is -0.908. The van der Waals surface area contributed by atoms with Crippen LogP contribution in [0.2, 0.25) is 0 Å². The lowest BCUT2D eigenvalue weighted by Gasteiger charge is -2.27. The number of esters is 1. The van der Waals surface area contributed by atoms with Crippen LogP contribution in [0.3, 0.4) is 0 Å². The van der Waals surface area contributed by atoms with E-state index in [0.29, 0.717) is 23.4 Å². The van der Waals surface area contributed by atoms with Crippen LogP contribution in [0.4, 0.5) is 5.00 Å². The Bertz CT molecular complexity index is 818. The van der Waals surface area contributed by atoms with Gasteiger partial charge in [-0.2, -0.15) is 0 Å². The molecule has 0 aliphatic heterocycles. The SMILES string of the molecule is CCOC(=O)c1c(NC(=O)[C@@H]2CCCC[C@H]2C(=O)O)sc2c1CCCCCCCCCCC2. The molecule has 1 fully saturated rings. The molecule has 7 heteroatoms. The molecule has 2 atom stereocenters. The van der Waals surface area contributed by atoms with E-state index in [1.807, 2.05) is 0 Å². The zero-order chi connectivity index (χ0) is 23.6. The summed E-state index contributed by atoms with van der Waals surface area (Å²) in [5.41, 5.74) is 1.54. The number of carbonyl (C=O) groups excluding carboxylic acids is 2. The molecule has 6 nitrogen and oxygen atoms in total. The Morgan fingerprint density at radius 2 is 1.45 bits per heavy atom. The molecule has 2 aliphatic rings. The Hall–Kier alpha value is -1.89. The summed E-state index contributed by atoms with van der Waals surface area (Å²) in [5, 5.41) is 13.1. The van der Waals surface area contributed by atoms with Gasteiger partial charge in [0.05, 0.1) is 24.0 Å². The Labute approximate surface area is 201 Å². The lowest BCUT2D eigenvalue weighted by molar-refractivity contribution is -0.147. The molecule has 0 spiro atoms. The Morgan fingerprint density at radius 3 is 2.06 bits per heavy atom. The van der Waals surface area contributed by atoms with Gasteiger partial charge in [-0.1, -0.05) is 57.8 Å². The predicted molar refractivity (Wildman–Crippen MR) is 131 cm³/mol. The van der Waals surface area contributed by atoms with Crippen LogP contribution in [0, 0.1) is 11.8 Å². The van der Waals surface area contributed by atoms with E-state index < -0.39 is 17.8 Å². The number of carboxylic acids is 1. The first kappa shape index (κ1) is 25.7. The van der Waals surface area contributed by atoms with Crippen LogP contribution in [-0.2, 0) is 27.2 Å². The van der Waals surface area contributed by atoms with Gasteiger partial charge < -0.3 is 15.2 Å². The predicted octanol–water partition coefficient (Wildman–Crippen LogP) is 6.36. The molecular weight excluding hydrogens is 438 g/mol. The van der Waals surface area contributed by atoms with Crippen LogP contribution >= 0.6 is 11.3 Å². The summed E-state index contributed by atoms with van der Waals surface area (Å²) < 4.78 is 5.39. The van der Waals surface area contributed by atoms with Crippen molar-refractivity contribution in [3.05, 3.63) is 16.0 Å². The molecule has 1 aromatic rings. The van der Waals surface area contributed by atoms with Gasteiger partial charge in [0.2, 0.25) is 5.91 Å². The topological polar surface area (TPSA) is 92.7 Å². The van der Waals surface area contributed by atoms with Gasteiger partial charge in [0.25, 0.3) is 0 Å². The molecule has 2 aliphatic carbocycles. The van der Waals surface area contributed by atoms with Gasteiger partial charge in [-0.05, 0) is 51.0 Å². The first-order valence-corrected chi connectivity index (χ1v) is 13.7. The number of carboxylic acid groups (broad SMARTS) is 1. The van der Waals surface area contributed by atoms with Crippen LogP contribution in [0.25, 0.3) is 0 Å². The second kappa shape index (κ2) is 13.1. The first-order chi connectivity index (χ1) is 16.0. The molecular formula is C26H39NO5S. The van der Waals surface area contributed by atoms with E-state index in [-0.39, 0.29) is 18.5 Å². The lowest BCUT2D eigenvalue weighted by atomic mass is 9.78. The van der Waals surface area contributed by atoms with E-state index in [2.05, 4.69) is 5.32 Å². The highest BCUT2D eigenvalue weighted by atomic mass is 32.1. The van der Waals surface area contributed by atoms with E-state index in [1.165, 1.54) is 54.7 Å². The number of thiophene rings is 1. The normalized spacial score (nSPS) is 22.7. The van der Waals surface area contributed by atoms with E-state index in [9.17, 15) is 19.5 Å². The maximum Gasteiger partial charge on any atom is 0.341 e. The molecule has 0 bridgehead atoms. The van der Waals surface area contributed by atoms with E-state index >= 15 is 0 Å². The van der Waals surface area contributed by atoms with Gasteiger partial charge >= 0.3 is 11.9 Å². The van der Waals surface area contributed by atoms with Crippen molar-refractivity contribution in [2.75, 3.05) is 11.9 Å². The fraction of sp³-hybridized carbons (Fsp3) is 0.731. The fourth-order valence-corrected chi connectivity index (χ4v) is 6.54. The number of hydrogen-bond acceptors (Lipinski definition) is 5. The van der Waals surface area contributed by atoms with Crippen LogP contribution in [0.1, 0.15) is 111 Å². The maximum atomic E-state index is 13.2. The van der Waals surface area contributed by atoms with Crippen molar-refractivity contribution in [2.24, 2.45) is 11.8 Å². The summed E-state index contributed by atoms with van der Waals surface area (Å²) in [6, 6.07) is 0. The number of ether oxygens (including phenoxy) is 1. The molecule has 0 radical (unpaired) electrons. The molecule has 1 amide bonds. The average molecular weight is 478 g/mol. The number of amides is 1. The van der Waals surface area contributed by atoms with Gasteiger partial charge in [0, 0.05) is 4.88 Å². The number of rotatable bonds is 5. The standard InChI is InChI=1S/C26H39NO5S/c1-2-32-26(31)22-20-16-10-8-6-4-3-5-7-9-11-17-21(20)33-24(22)27-23(28)18-14-12-13-15-19(18)25(29)30/h18-19H,2-17H2,1H3,(H,27,28)(H,29,30)/t18-,19-/m1/s1. The average Bonchev–Trinajstić information content (AvgIpc) is 3.14. The molecule has 0 unspecified atom stereocenters. The quantitative estimate of drug-likeness (QED) is 0.481. The number of hydrogen-bond donors (Lipinski definition) is 2. The highest BCUT2D eigenvalue weighted by molar-refractivity contribution is 7.17. The van der Waals surface area contributed by atoms with Gasteiger partial charge in [-0.25, -0.2) is 4.79 Å². The zero-order valence-corrected chi connectivity index (χ0v) is 20.8. The largest absolute Gasteiger partial charge is 0.481 e. The van der Waals surface area contributed by atoms with E-state index in [0.717, 1.165) is 50.5 Å². The summed E-state index contributed by atoms with van der Waals surface area (Å²) >= 11 is 1.49. The number of nitrogens with one attached hydrogen (secondary N) is 1. The van der Waals surface area contributed by atoms with E-state index in [4.69, 9.17) is 4.74 Å². The smallest absolute Gasteiger partial charge is 0.341 e. The molecule has 1 heterocycles. The van der Waals surface area contributed by atoms with Crippen molar-refractivity contribution in [1.82, 2.24) is 0 Å². The third-order valence-electron chi connectivity index (χ3n) is 7.06. The van der Waals surface area contributed by atoms with Crippen LogP contribution in [0.5, 0.6) is 0 Å². The third kappa shape index (κ3) is 7.05. The summed E-state index contributed by atoms with van der Waals surface area (Å²) in [5.74, 6) is -2.78. The molecule has 0 saturated heterocycles. The summed E-state index contributed by atoms with van der Waals surface area (Å²) in [4.78, 5) is 39.1. The lowest BCUT2D eigenvalue weighted by Crippen LogP contribution is -2.36. The second-order valence-corrected chi connectivity index (χ2v) is 10.5. The Balaban J connectivity index is 1.88. The molecule has 1 saturated carbocycles. The van der Waals surface area contributed by atoms with E-state index in [1.54, 1.807) is 6.92 Å². The van der Waals surface area contributed by atoms with Crippen LogP contribution in [0.15, 0.2) is 0 Å². The summed E-state index contributed by atoms with van der Waals surface area (Å²) in [7, 11) is 0. The summed E-state index contributed by atoms with van der Waals surface area (Å²) in [6.07, 6.45) is 15.3. The van der Waals surface area contributed by atoms with Crippen molar-refractivity contribution in [3.8, 4) is 0 Å². The highest BCUT2D eigenvalue weighted by Gasteiger charge is 2.37. The van der Waals surface area contributed by atoms with Crippen molar-refractivity contribution in [2.45, 2.75) is 103 Å². The molecule has 3 rings (SSSR count). The number of carbonyl (C=O) groups is 3. The van der Waals surface area contributed by atoms with Gasteiger partial charge in [0.1, 0.15) is 5.00 Å². The fourth-order valence-electron chi connectivity index (χ4n) is 5.26. The number of aliphatic carboxylic acids is 1. The van der Waals surface area contributed by atoms with Gasteiger partial charge in [0.15, 0.2) is 0 Å². The first-order valence-electron chi connectivity index (χ1n) is 12.9. The van der Waals surface area contributed by atoms with Crippen molar-refractivity contribution < 1.29 is 24.2 Å². The molecule has 184 valence electrons. The zero-order valence-electron chi connectivity index (χ0n) is 20.0. The Kier molecular flexibility index (Phi) is 10.2. The Morgan fingerprint density at radius 1 is 0.879 bits per heavy atom. The number of fused-ring (bicyclic) bond motifs is 1. The highest BCUT2D eigenvalue weighted by Crippen LogP contribution is 2.38. The molecule has 2 N–H and O–H groups in total. The monoisotopic (exact) mass is 477 g/mol. The van der Waals surface area contributed by atoms with Crippen molar-refractivity contribution >= 4 is 34.2 Å².